The van der Waals surface area contributed by atoms with Crippen molar-refractivity contribution in [1.82, 2.24) is 20.0 Å². The van der Waals surface area contributed by atoms with Crippen molar-refractivity contribution in [3.05, 3.63) is 17.5 Å². The van der Waals surface area contributed by atoms with Gasteiger partial charge in [-0.15, -0.1) is 0 Å². The maximum Gasteiger partial charge on any atom is 0.490 e. The number of aliphatic carboxylic acids is 1. The van der Waals surface area contributed by atoms with E-state index in [9.17, 15) is 18.0 Å². The van der Waals surface area contributed by atoms with Gasteiger partial charge in [0.15, 0.2) is 0 Å². The number of rotatable bonds is 5. The van der Waals surface area contributed by atoms with Crippen molar-refractivity contribution in [3.63, 3.8) is 0 Å². The van der Waals surface area contributed by atoms with E-state index in [1.165, 1.54) is 5.69 Å². The van der Waals surface area contributed by atoms with E-state index in [2.05, 4.69) is 21.4 Å². The quantitative estimate of drug-likeness (QED) is 0.696. The van der Waals surface area contributed by atoms with Crippen LogP contribution in [0.5, 0.6) is 0 Å². The number of piperidine rings is 1. The Balaban J connectivity index is 0.000000423. The Bertz CT molecular complexity index is 760. The molecule has 31 heavy (non-hydrogen) atoms. The molecule has 2 fully saturated rings. The van der Waals surface area contributed by atoms with E-state index >= 15 is 0 Å². The Morgan fingerprint density at radius 2 is 2.00 bits per heavy atom. The minimum atomic E-state index is -5.08. The third-order valence-corrected chi connectivity index (χ3v) is 5.40. The first-order chi connectivity index (χ1) is 14.4. The number of alkyl halides is 3. The average Bonchev–Trinajstić information content (AvgIpc) is 3.24. The molecular formula is C19H29F3N4O5. The summed E-state index contributed by atoms with van der Waals surface area (Å²) in [6, 6.07) is 2.15. The van der Waals surface area contributed by atoms with Gasteiger partial charge in [0.2, 0.25) is 5.91 Å². The number of carbonyl (C=O) groups excluding carboxylic acids is 1. The fourth-order valence-corrected chi connectivity index (χ4v) is 3.68. The normalized spacial score (nSPS) is 20.9. The predicted octanol–water partition coefficient (Wildman–Crippen LogP) is 1.25. The monoisotopic (exact) mass is 450 g/mol. The number of hydrogen-bond acceptors (Lipinski definition) is 6. The molecular weight excluding hydrogens is 421 g/mol. The lowest BCUT2D eigenvalue weighted by Crippen LogP contribution is -2.44. The molecule has 0 aliphatic carbocycles. The Labute approximate surface area is 178 Å². The first kappa shape index (κ1) is 25.1. The van der Waals surface area contributed by atoms with Crippen molar-refractivity contribution in [3.8, 4) is 0 Å². The van der Waals surface area contributed by atoms with Crippen molar-refractivity contribution in [2.45, 2.75) is 50.6 Å². The van der Waals surface area contributed by atoms with Crippen LogP contribution in [-0.4, -0.2) is 82.9 Å². The van der Waals surface area contributed by atoms with E-state index in [0.717, 1.165) is 44.6 Å². The molecule has 2 N–H and O–H groups in total. The van der Waals surface area contributed by atoms with Gasteiger partial charge in [0.1, 0.15) is 6.61 Å². The molecule has 0 aromatic carbocycles. The number of ether oxygens (including phenoxy) is 2. The molecule has 1 amide bonds. The second kappa shape index (κ2) is 10.4. The molecule has 1 aromatic rings. The molecule has 2 saturated heterocycles. The number of halogens is 3. The van der Waals surface area contributed by atoms with Gasteiger partial charge >= 0.3 is 12.1 Å². The summed E-state index contributed by atoms with van der Waals surface area (Å²) in [7, 11) is 3.63. The number of hydrogen-bond donors (Lipinski definition) is 2. The van der Waals surface area contributed by atoms with Crippen molar-refractivity contribution >= 4 is 11.9 Å². The van der Waals surface area contributed by atoms with Gasteiger partial charge in [0.25, 0.3) is 0 Å². The summed E-state index contributed by atoms with van der Waals surface area (Å²) in [6.45, 7) is 5.72. The minimum Gasteiger partial charge on any atom is -0.475 e. The molecule has 9 nitrogen and oxygen atoms in total. The molecule has 0 bridgehead atoms. The van der Waals surface area contributed by atoms with Crippen LogP contribution in [0, 0.1) is 6.92 Å². The molecule has 0 radical (unpaired) electrons. The number of aromatic nitrogens is 2. The zero-order valence-electron chi connectivity index (χ0n) is 17.9. The highest BCUT2D eigenvalue weighted by Gasteiger charge is 2.43. The van der Waals surface area contributed by atoms with Crippen LogP contribution in [-0.2, 0) is 32.7 Å². The maximum absolute atomic E-state index is 11.3. The van der Waals surface area contributed by atoms with Crippen LogP contribution in [0.4, 0.5) is 13.2 Å². The summed E-state index contributed by atoms with van der Waals surface area (Å²) in [6.07, 6.45) is -2.12. The summed E-state index contributed by atoms with van der Waals surface area (Å²) in [5, 5.41) is 14.1. The van der Waals surface area contributed by atoms with E-state index < -0.39 is 12.1 Å². The highest BCUT2D eigenvalue weighted by atomic mass is 19.4. The zero-order valence-corrected chi connectivity index (χ0v) is 17.9. The number of nitrogens with zero attached hydrogens (tertiary/aromatic N) is 3. The third-order valence-electron chi connectivity index (χ3n) is 5.40. The van der Waals surface area contributed by atoms with Crippen LogP contribution in [0.3, 0.4) is 0 Å². The molecule has 1 aromatic heterocycles. The second-order valence-corrected chi connectivity index (χ2v) is 7.78. The number of carboxylic acid groups (broad SMARTS) is 1. The highest BCUT2D eigenvalue weighted by molar-refractivity contribution is 5.76. The Morgan fingerprint density at radius 3 is 2.48 bits per heavy atom. The van der Waals surface area contributed by atoms with Crippen molar-refractivity contribution in [2.75, 3.05) is 33.4 Å². The van der Waals surface area contributed by atoms with Crippen molar-refractivity contribution in [1.29, 1.82) is 0 Å². The number of likely N-dealkylation sites (N-methyl/N-ethyl adjacent to an activating group) is 1. The molecule has 3 heterocycles. The van der Waals surface area contributed by atoms with Crippen LogP contribution < -0.4 is 5.32 Å². The fourth-order valence-electron chi connectivity index (χ4n) is 3.68. The molecule has 1 spiro atoms. The first-order valence-electron chi connectivity index (χ1n) is 9.92. The number of nitrogens with one attached hydrogen (secondary N) is 1. The van der Waals surface area contributed by atoms with Gasteiger partial charge in [-0.2, -0.15) is 18.3 Å². The Morgan fingerprint density at radius 1 is 1.39 bits per heavy atom. The van der Waals surface area contributed by atoms with Gasteiger partial charge in [-0.3, -0.25) is 14.4 Å². The van der Waals surface area contributed by atoms with Gasteiger partial charge < -0.3 is 19.9 Å². The molecule has 3 rings (SSSR count). The van der Waals surface area contributed by atoms with Crippen molar-refractivity contribution < 1.29 is 37.3 Å². The highest BCUT2D eigenvalue weighted by Crippen LogP contribution is 2.37. The lowest BCUT2D eigenvalue weighted by atomic mass is 9.88. The van der Waals surface area contributed by atoms with E-state index in [1.807, 2.05) is 18.7 Å². The topological polar surface area (TPSA) is 106 Å². The van der Waals surface area contributed by atoms with Crippen LogP contribution in [0.25, 0.3) is 0 Å². The van der Waals surface area contributed by atoms with E-state index in [-0.39, 0.29) is 24.2 Å². The fraction of sp³-hybridized carbons (Fsp3) is 0.737. The van der Waals surface area contributed by atoms with Crippen LogP contribution in [0.2, 0.25) is 0 Å². The second-order valence-electron chi connectivity index (χ2n) is 7.78. The summed E-state index contributed by atoms with van der Waals surface area (Å²) < 4.78 is 45.5. The number of likely N-dealkylation sites (tertiary alicyclic amines) is 1. The summed E-state index contributed by atoms with van der Waals surface area (Å²) in [5.74, 6) is -2.84. The van der Waals surface area contributed by atoms with Crippen LogP contribution in [0.15, 0.2) is 6.07 Å². The van der Waals surface area contributed by atoms with Crippen LogP contribution >= 0.6 is 0 Å². The van der Waals surface area contributed by atoms with Crippen molar-refractivity contribution in [2.24, 2.45) is 7.05 Å². The Kier molecular flexibility index (Phi) is 8.43. The summed E-state index contributed by atoms with van der Waals surface area (Å²) in [4.78, 5) is 22.6. The maximum atomic E-state index is 11.3. The van der Waals surface area contributed by atoms with Gasteiger partial charge in [0, 0.05) is 40.2 Å². The predicted molar refractivity (Wildman–Crippen MR) is 103 cm³/mol. The lowest BCUT2D eigenvalue weighted by Gasteiger charge is -2.38. The molecule has 1 atom stereocenters. The molecule has 12 heteroatoms. The average molecular weight is 450 g/mol. The molecule has 1 unspecified atom stereocenters. The van der Waals surface area contributed by atoms with E-state index in [4.69, 9.17) is 19.4 Å². The number of carboxylic acids is 1. The summed E-state index contributed by atoms with van der Waals surface area (Å²) in [5.41, 5.74) is 2.26. The van der Waals surface area contributed by atoms with Gasteiger partial charge in [-0.1, -0.05) is 0 Å². The summed E-state index contributed by atoms with van der Waals surface area (Å²) >= 11 is 0. The molecule has 2 aliphatic rings. The van der Waals surface area contributed by atoms with Gasteiger partial charge in [-0.25, -0.2) is 4.79 Å². The van der Waals surface area contributed by atoms with E-state index in [0.29, 0.717) is 6.61 Å². The molecule has 176 valence electrons. The zero-order chi connectivity index (χ0) is 23.2. The molecule has 2 aliphatic heterocycles. The molecule has 0 saturated carbocycles. The van der Waals surface area contributed by atoms with Gasteiger partial charge in [-0.05, 0) is 25.8 Å². The standard InChI is InChI=1S/C17H28N4O3.C2HF3O2/c1-13-8-14(20(3)19-13)10-21-6-4-17(5-7-21)9-15(11-24-17)23-12-16(22)18-2;3-2(4,5)1(6)7/h8,15H,4-7,9-12H2,1-3H3,(H,18,22);(H,6,7). The van der Waals surface area contributed by atoms with E-state index in [1.54, 1.807) is 7.05 Å². The SMILES string of the molecule is CNC(=O)COC1COC2(CCN(Cc3cc(C)nn3C)CC2)C1.O=C(O)C(F)(F)F. The van der Waals surface area contributed by atoms with Gasteiger partial charge in [0.05, 0.1) is 29.7 Å². The Hall–Kier alpha value is -2.18. The minimum absolute atomic E-state index is 0.0357. The number of aryl methyl sites for hydroxylation is 2. The first-order valence-corrected chi connectivity index (χ1v) is 9.92. The largest absolute Gasteiger partial charge is 0.490 e. The van der Waals surface area contributed by atoms with Crippen LogP contribution in [0.1, 0.15) is 30.7 Å². The number of amides is 1. The lowest BCUT2D eigenvalue weighted by molar-refractivity contribution is -0.192. The third kappa shape index (κ3) is 7.47. The smallest absolute Gasteiger partial charge is 0.475 e. The number of carbonyl (C=O) groups is 2.